The second kappa shape index (κ2) is 11.9. The number of aliphatic hydroxyl groups is 2. The molecule has 37 heavy (non-hydrogen) atoms. The normalized spacial score (nSPS) is 28.8. The molecule has 6 atom stereocenters. The molecular formula is C20H32FN4O11P. The zero-order valence-electron chi connectivity index (χ0n) is 20.9. The fourth-order valence-electron chi connectivity index (χ4n) is 3.44. The third-order valence-corrected chi connectivity index (χ3v) is 7.27. The first-order valence-electron chi connectivity index (χ1n) is 11.3. The molecule has 15 nitrogen and oxygen atoms in total. The number of carbonyl (C=O) groups excluding carboxylic acids is 2. The average molecular weight is 554 g/mol. The van der Waals surface area contributed by atoms with Gasteiger partial charge >= 0.3 is 25.3 Å². The van der Waals surface area contributed by atoms with Crippen molar-refractivity contribution in [2.24, 2.45) is 0 Å². The average Bonchev–Trinajstić information content (AvgIpc) is 2.98. The van der Waals surface area contributed by atoms with Crippen molar-refractivity contribution in [3.8, 4) is 0 Å². The van der Waals surface area contributed by atoms with Gasteiger partial charge in [0, 0.05) is 12.3 Å². The van der Waals surface area contributed by atoms with E-state index in [9.17, 15) is 34.0 Å². The van der Waals surface area contributed by atoms with Gasteiger partial charge in [-0.1, -0.05) is 0 Å². The fourth-order valence-corrected chi connectivity index (χ4v) is 5.26. The molecule has 5 N–H and O–H groups in total. The second-order valence-corrected chi connectivity index (χ2v) is 10.3. The van der Waals surface area contributed by atoms with Gasteiger partial charge in [0.05, 0.1) is 13.2 Å². The smallest absolute Gasteiger partial charge is 0.342 e. The molecule has 0 aromatic carbocycles. The van der Waals surface area contributed by atoms with Crippen LogP contribution in [0.1, 0.15) is 40.8 Å². The summed E-state index contributed by atoms with van der Waals surface area (Å²) in [6.45, 7) is 5.34. The van der Waals surface area contributed by atoms with Crippen LogP contribution in [0.2, 0.25) is 0 Å². The highest BCUT2D eigenvalue weighted by Gasteiger charge is 2.63. The number of nitrogens with one attached hydrogen (secondary N) is 3. The van der Waals surface area contributed by atoms with E-state index in [1.807, 2.05) is 4.98 Å². The molecule has 17 heteroatoms. The zero-order valence-corrected chi connectivity index (χ0v) is 21.8. The molecule has 3 unspecified atom stereocenters. The van der Waals surface area contributed by atoms with Crippen LogP contribution in [0.4, 0.5) is 4.39 Å². The van der Waals surface area contributed by atoms with Crippen molar-refractivity contribution >= 4 is 19.6 Å². The van der Waals surface area contributed by atoms with Crippen LogP contribution < -0.4 is 21.4 Å². The quantitative estimate of drug-likeness (QED) is 0.156. The van der Waals surface area contributed by atoms with Gasteiger partial charge < -0.3 is 24.4 Å². The molecule has 0 amide bonds. The van der Waals surface area contributed by atoms with E-state index in [-0.39, 0.29) is 13.2 Å². The second-order valence-electron chi connectivity index (χ2n) is 8.43. The first-order chi connectivity index (χ1) is 17.1. The van der Waals surface area contributed by atoms with Crippen molar-refractivity contribution in [3.63, 3.8) is 0 Å². The summed E-state index contributed by atoms with van der Waals surface area (Å²) in [5, 5.41) is 25.9. The minimum atomic E-state index is -4.49. The van der Waals surface area contributed by atoms with E-state index in [1.165, 1.54) is 13.8 Å². The number of aromatic nitrogens is 2. The van der Waals surface area contributed by atoms with E-state index >= 15 is 4.39 Å². The third-order valence-electron chi connectivity index (χ3n) is 5.32. The number of ether oxygens (including phenoxy) is 3. The summed E-state index contributed by atoms with van der Waals surface area (Å²) < 4.78 is 50.0. The SMILES string of the molecule is CCOC(=O)C(C)NP(=O)(NC(C)C(=O)OCC)OC[C@@]1(F)OC(n2ccc(=O)[nH]c2=O)[C@](C)(O)[C@@H]1O. The van der Waals surface area contributed by atoms with Crippen molar-refractivity contribution in [1.82, 2.24) is 19.7 Å². The largest absolute Gasteiger partial charge is 0.465 e. The number of hydrogen-bond acceptors (Lipinski definition) is 11. The molecule has 0 bridgehead atoms. The number of hydrogen-bond donors (Lipinski definition) is 5. The van der Waals surface area contributed by atoms with Gasteiger partial charge in [-0.05, 0) is 34.6 Å². The van der Waals surface area contributed by atoms with Crippen molar-refractivity contribution in [1.29, 1.82) is 0 Å². The van der Waals surface area contributed by atoms with Gasteiger partial charge in [0.25, 0.3) is 11.4 Å². The van der Waals surface area contributed by atoms with E-state index in [0.717, 1.165) is 19.2 Å². The van der Waals surface area contributed by atoms with Crippen LogP contribution in [-0.4, -0.2) is 81.2 Å². The first-order valence-corrected chi connectivity index (χ1v) is 12.9. The van der Waals surface area contributed by atoms with E-state index < -0.39 is 73.3 Å². The molecule has 0 aliphatic carbocycles. The molecule has 1 fully saturated rings. The lowest BCUT2D eigenvalue weighted by atomic mass is 9.95. The topological polar surface area (TPSA) is 208 Å². The van der Waals surface area contributed by atoms with E-state index in [2.05, 4.69) is 10.2 Å². The van der Waals surface area contributed by atoms with Crippen LogP contribution in [0.5, 0.6) is 0 Å². The molecule has 1 aliphatic rings. The molecule has 1 aliphatic heterocycles. The van der Waals surface area contributed by atoms with Gasteiger partial charge in [-0.25, -0.2) is 19.4 Å². The molecule has 1 aromatic heterocycles. The summed E-state index contributed by atoms with van der Waals surface area (Å²) in [6, 6.07) is -1.60. The number of aliphatic hydroxyl groups excluding tert-OH is 1. The van der Waals surface area contributed by atoms with Crippen LogP contribution >= 0.6 is 7.67 Å². The van der Waals surface area contributed by atoms with E-state index in [0.29, 0.717) is 4.57 Å². The van der Waals surface area contributed by atoms with Crippen molar-refractivity contribution < 1.29 is 47.5 Å². The zero-order chi connectivity index (χ0) is 28.2. The number of aromatic amines is 1. The fraction of sp³-hybridized carbons (Fsp3) is 0.700. The molecular weight excluding hydrogens is 522 g/mol. The van der Waals surface area contributed by atoms with Gasteiger partial charge in [-0.15, -0.1) is 0 Å². The Morgan fingerprint density at radius 3 is 2.19 bits per heavy atom. The predicted molar refractivity (Wildman–Crippen MR) is 124 cm³/mol. The Hall–Kier alpha value is -2.46. The van der Waals surface area contributed by atoms with Gasteiger partial charge in [-0.3, -0.25) is 33.0 Å². The molecule has 0 radical (unpaired) electrons. The van der Waals surface area contributed by atoms with Crippen LogP contribution in [0.15, 0.2) is 21.9 Å². The highest BCUT2D eigenvalue weighted by molar-refractivity contribution is 7.54. The Balaban J connectivity index is 2.32. The van der Waals surface area contributed by atoms with Crippen LogP contribution in [-0.2, 0) is 32.9 Å². The number of esters is 2. The van der Waals surface area contributed by atoms with Crippen molar-refractivity contribution in [3.05, 3.63) is 33.1 Å². The van der Waals surface area contributed by atoms with Gasteiger partial charge in [0.1, 0.15) is 30.4 Å². The molecule has 210 valence electrons. The summed E-state index contributed by atoms with van der Waals surface area (Å²) in [4.78, 5) is 49.5. The lowest BCUT2D eigenvalue weighted by molar-refractivity contribution is -0.203. The monoisotopic (exact) mass is 554 g/mol. The Bertz CT molecular complexity index is 1110. The van der Waals surface area contributed by atoms with Gasteiger partial charge in [-0.2, -0.15) is 0 Å². The van der Waals surface area contributed by atoms with Crippen LogP contribution in [0.3, 0.4) is 0 Å². The minimum absolute atomic E-state index is 0.0108. The Morgan fingerprint density at radius 1 is 1.22 bits per heavy atom. The van der Waals surface area contributed by atoms with E-state index in [4.69, 9.17) is 18.7 Å². The lowest BCUT2D eigenvalue weighted by Crippen LogP contribution is -2.50. The standard InChI is InChI=1S/C20H32FN4O11P/c1-6-33-14(27)11(3)23-37(32,24-12(4)15(28)34-7-2)35-10-20(21)16(29)19(5,31)17(36-20)25-9-8-13(26)22-18(25)30/h8-9,11-12,16-17,29,31H,6-7,10H2,1-5H3,(H,22,26,30)(H2,23,24,32)/t11?,12?,16-,17?,19+,20+,37?/m0/s1. The number of nitrogens with zero attached hydrogens (tertiary/aromatic N) is 1. The lowest BCUT2D eigenvalue weighted by Gasteiger charge is -2.30. The summed E-state index contributed by atoms with van der Waals surface area (Å²) >= 11 is 0. The van der Waals surface area contributed by atoms with Crippen LogP contribution in [0, 0.1) is 0 Å². The maximum atomic E-state index is 15.8. The van der Waals surface area contributed by atoms with Gasteiger partial charge in [0.2, 0.25) is 0 Å². The number of carbonyl (C=O) groups is 2. The summed E-state index contributed by atoms with van der Waals surface area (Å²) in [5.41, 5.74) is -4.25. The van der Waals surface area contributed by atoms with Crippen molar-refractivity contribution in [2.45, 2.75) is 70.5 Å². The summed E-state index contributed by atoms with van der Waals surface area (Å²) in [7, 11) is -4.49. The first kappa shape index (κ1) is 30.8. The predicted octanol–water partition coefficient (Wildman–Crippen LogP) is -0.950. The molecule has 0 spiro atoms. The molecule has 0 saturated carbocycles. The molecule has 1 saturated heterocycles. The van der Waals surface area contributed by atoms with Gasteiger partial charge in [0.15, 0.2) is 6.23 Å². The highest BCUT2D eigenvalue weighted by Crippen LogP contribution is 2.48. The summed E-state index contributed by atoms with van der Waals surface area (Å²) in [5.74, 6) is -4.91. The third kappa shape index (κ3) is 7.10. The number of alkyl halides is 1. The molecule has 2 heterocycles. The maximum Gasteiger partial charge on any atom is 0.342 e. The molecule has 1 aromatic rings. The number of halogens is 1. The summed E-state index contributed by atoms with van der Waals surface area (Å²) in [6.07, 6.45) is -3.25. The highest BCUT2D eigenvalue weighted by atomic mass is 31.2. The minimum Gasteiger partial charge on any atom is -0.465 e. The number of rotatable bonds is 12. The Labute approximate surface area is 210 Å². The molecule has 2 rings (SSSR count). The maximum absolute atomic E-state index is 15.8. The van der Waals surface area contributed by atoms with Crippen LogP contribution in [0.25, 0.3) is 0 Å². The van der Waals surface area contributed by atoms with Crippen molar-refractivity contribution in [2.75, 3.05) is 19.8 Å². The Kier molecular flexibility index (Phi) is 9.93. The Morgan fingerprint density at radius 2 is 1.73 bits per heavy atom. The number of H-pyrrole nitrogens is 1. The van der Waals surface area contributed by atoms with E-state index in [1.54, 1.807) is 13.8 Å².